The third-order valence-electron chi connectivity index (χ3n) is 3.47. The number of hydrogen-bond acceptors (Lipinski definition) is 4. The van der Waals surface area contributed by atoms with Crippen molar-refractivity contribution in [1.29, 1.82) is 0 Å². The molecule has 1 aliphatic heterocycles. The van der Waals surface area contributed by atoms with Crippen LogP contribution in [0.25, 0.3) is 0 Å². The van der Waals surface area contributed by atoms with Crippen LogP contribution in [0.3, 0.4) is 0 Å². The lowest BCUT2D eigenvalue weighted by Crippen LogP contribution is -2.42. The number of sulfonamides is 1. The molecule has 110 valence electrons. The van der Waals surface area contributed by atoms with Crippen LogP contribution in [0.4, 0.5) is 0 Å². The zero-order valence-electron chi connectivity index (χ0n) is 11.5. The summed E-state index contributed by atoms with van der Waals surface area (Å²) in [5.41, 5.74) is 0.561. The number of ketones is 1. The molecule has 2 rings (SSSR count). The van der Waals surface area contributed by atoms with Gasteiger partial charge in [0, 0.05) is 19.2 Å². The van der Waals surface area contributed by atoms with Crippen molar-refractivity contribution >= 4 is 15.8 Å². The second-order valence-corrected chi connectivity index (χ2v) is 6.85. The quantitative estimate of drug-likeness (QED) is 0.743. The molecule has 1 aliphatic rings. The number of ether oxygens (including phenoxy) is 1. The van der Waals surface area contributed by atoms with Gasteiger partial charge in [0.2, 0.25) is 10.0 Å². The highest BCUT2D eigenvalue weighted by molar-refractivity contribution is 7.89. The van der Waals surface area contributed by atoms with E-state index in [9.17, 15) is 13.2 Å². The highest BCUT2D eigenvalue weighted by Crippen LogP contribution is 2.24. The highest BCUT2D eigenvalue weighted by Gasteiger charge is 2.38. The molecule has 1 atom stereocenters. The highest BCUT2D eigenvalue weighted by atomic mass is 32.2. The first-order chi connectivity index (χ1) is 9.56. The van der Waals surface area contributed by atoms with Gasteiger partial charge >= 0.3 is 0 Å². The van der Waals surface area contributed by atoms with Crippen LogP contribution in [-0.4, -0.2) is 50.6 Å². The molecule has 20 heavy (non-hydrogen) atoms. The lowest BCUT2D eigenvalue weighted by atomic mass is 10.0. The molecule has 1 aromatic carbocycles. The van der Waals surface area contributed by atoms with Crippen LogP contribution < -0.4 is 0 Å². The van der Waals surface area contributed by atoms with Gasteiger partial charge in [0.05, 0.1) is 18.4 Å². The van der Waals surface area contributed by atoms with Gasteiger partial charge in [-0.15, -0.1) is 0 Å². The van der Waals surface area contributed by atoms with Gasteiger partial charge in [-0.25, -0.2) is 8.42 Å². The van der Waals surface area contributed by atoms with E-state index in [0.29, 0.717) is 18.5 Å². The van der Waals surface area contributed by atoms with Gasteiger partial charge in [-0.2, -0.15) is 4.31 Å². The number of carbonyl (C=O) groups excluding carboxylic acids is 1. The third kappa shape index (κ3) is 3.26. The molecule has 0 saturated carbocycles. The molecule has 1 aromatic rings. The van der Waals surface area contributed by atoms with Gasteiger partial charge in [0.1, 0.15) is 0 Å². The minimum absolute atomic E-state index is 0.0813. The van der Waals surface area contributed by atoms with Crippen LogP contribution in [0.2, 0.25) is 0 Å². The molecular weight excluding hydrogens is 278 g/mol. The summed E-state index contributed by atoms with van der Waals surface area (Å²) in [4.78, 5) is 12.4. The maximum Gasteiger partial charge on any atom is 0.217 e. The largest absolute Gasteiger partial charge is 0.384 e. The smallest absolute Gasteiger partial charge is 0.217 e. The van der Waals surface area contributed by atoms with Gasteiger partial charge < -0.3 is 4.74 Å². The van der Waals surface area contributed by atoms with E-state index < -0.39 is 16.1 Å². The normalized spacial score (nSPS) is 20.1. The van der Waals surface area contributed by atoms with E-state index in [1.807, 2.05) is 6.07 Å². The zero-order chi connectivity index (χ0) is 14.6. The predicted molar refractivity (Wildman–Crippen MR) is 76.2 cm³/mol. The first-order valence-corrected chi connectivity index (χ1v) is 8.25. The second-order valence-electron chi connectivity index (χ2n) is 4.81. The number of rotatable bonds is 6. The van der Waals surface area contributed by atoms with Crippen molar-refractivity contribution < 1.29 is 17.9 Å². The van der Waals surface area contributed by atoms with E-state index in [4.69, 9.17) is 4.74 Å². The maximum absolute atomic E-state index is 12.4. The van der Waals surface area contributed by atoms with Gasteiger partial charge in [0.25, 0.3) is 0 Å². The van der Waals surface area contributed by atoms with E-state index in [1.54, 1.807) is 24.3 Å². The molecule has 0 spiro atoms. The number of nitrogens with zero attached hydrogens (tertiary/aromatic N) is 1. The Hall–Kier alpha value is -1.24. The van der Waals surface area contributed by atoms with Crippen LogP contribution in [0, 0.1) is 0 Å². The Morgan fingerprint density at radius 2 is 2.05 bits per heavy atom. The molecule has 0 aliphatic carbocycles. The lowest BCUT2D eigenvalue weighted by Gasteiger charge is -2.23. The summed E-state index contributed by atoms with van der Waals surface area (Å²) in [5.74, 6) is -0.202. The first kappa shape index (κ1) is 15.2. The number of benzene rings is 1. The van der Waals surface area contributed by atoms with Crippen molar-refractivity contribution in [2.75, 3.05) is 26.0 Å². The van der Waals surface area contributed by atoms with Crippen LogP contribution in [-0.2, 0) is 14.8 Å². The minimum atomic E-state index is -3.44. The molecular formula is C14H19NO4S. The van der Waals surface area contributed by atoms with Gasteiger partial charge in [-0.3, -0.25) is 4.79 Å². The summed E-state index contributed by atoms with van der Waals surface area (Å²) >= 11 is 0. The van der Waals surface area contributed by atoms with Crippen molar-refractivity contribution in [3.8, 4) is 0 Å². The standard InChI is InChI=1S/C14H19NO4S/c1-19-10-11-20(17,18)15-9-5-8-13(15)14(16)12-6-3-2-4-7-12/h2-4,6-7,13H,5,8-11H2,1H3. The summed E-state index contributed by atoms with van der Waals surface area (Å²) in [7, 11) is -1.97. The number of carbonyl (C=O) groups is 1. The predicted octanol–water partition coefficient (Wildman–Crippen LogP) is 1.31. The fourth-order valence-electron chi connectivity index (χ4n) is 2.44. The van der Waals surface area contributed by atoms with Crippen LogP contribution >= 0.6 is 0 Å². The molecule has 6 heteroatoms. The maximum atomic E-state index is 12.4. The fraction of sp³-hybridized carbons (Fsp3) is 0.500. The molecule has 0 aromatic heterocycles. The molecule has 0 amide bonds. The number of methoxy groups -OCH3 is 1. The molecule has 1 fully saturated rings. The van der Waals surface area contributed by atoms with E-state index in [0.717, 1.165) is 6.42 Å². The Morgan fingerprint density at radius 3 is 2.70 bits per heavy atom. The zero-order valence-corrected chi connectivity index (χ0v) is 12.3. The summed E-state index contributed by atoms with van der Waals surface area (Å²) in [6, 6.07) is 8.27. The van der Waals surface area contributed by atoms with Gasteiger partial charge in [-0.05, 0) is 12.8 Å². The summed E-state index contributed by atoms with van der Waals surface area (Å²) < 4.78 is 30.6. The van der Waals surface area contributed by atoms with Gasteiger partial charge in [-0.1, -0.05) is 30.3 Å². The molecule has 0 N–H and O–H groups in total. The Labute approximate surface area is 119 Å². The van der Waals surface area contributed by atoms with Crippen molar-refractivity contribution in [2.24, 2.45) is 0 Å². The summed E-state index contributed by atoms with van der Waals surface area (Å²) in [6.45, 7) is 0.556. The van der Waals surface area contributed by atoms with Gasteiger partial charge in [0.15, 0.2) is 5.78 Å². The SMILES string of the molecule is COCCS(=O)(=O)N1CCCC1C(=O)c1ccccc1. The van der Waals surface area contributed by atoms with Crippen molar-refractivity contribution in [2.45, 2.75) is 18.9 Å². The average Bonchev–Trinajstić information content (AvgIpc) is 2.95. The molecule has 5 nitrogen and oxygen atoms in total. The van der Waals surface area contributed by atoms with Crippen molar-refractivity contribution in [3.05, 3.63) is 35.9 Å². The topological polar surface area (TPSA) is 63.7 Å². The monoisotopic (exact) mass is 297 g/mol. The molecule has 1 saturated heterocycles. The molecule has 0 bridgehead atoms. The van der Waals surface area contributed by atoms with E-state index in [2.05, 4.69) is 0 Å². The minimum Gasteiger partial charge on any atom is -0.384 e. The molecule has 1 heterocycles. The Balaban J connectivity index is 2.17. The number of Topliss-reactive ketones (excluding diaryl/α,β-unsaturated/α-hetero) is 1. The summed E-state index contributed by atoms with van der Waals surface area (Å²) in [5, 5.41) is 0. The lowest BCUT2D eigenvalue weighted by molar-refractivity contribution is 0.0917. The van der Waals surface area contributed by atoms with E-state index in [-0.39, 0.29) is 18.1 Å². The van der Waals surface area contributed by atoms with Crippen molar-refractivity contribution in [3.63, 3.8) is 0 Å². The Morgan fingerprint density at radius 1 is 1.35 bits per heavy atom. The van der Waals surface area contributed by atoms with E-state index >= 15 is 0 Å². The van der Waals surface area contributed by atoms with Crippen LogP contribution in [0.15, 0.2) is 30.3 Å². The second kappa shape index (κ2) is 6.47. The summed E-state index contributed by atoms with van der Waals surface area (Å²) in [6.07, 6.45) is 1.30. The first-order valence-electron chi connectivity index (χ1n) is 6.64. The Kier molecular flexibility index (Phi) is 4.91. The van der Waals surface area contributed by atoms with Crippen LogP contribution in [0.5, 0.6) is 0 Å². The average molecular weight is 297 g/mol. The molecule has 1 unspecified atom stereocenters. The van der Waals surface area contributed by atoms with Crippen LogP contribution in [0.1, 0.15) is 23.2 Å². The fourth-order valence-corrected chi connectivity index (χ4v) is 4.04. The van der Waals surface area contributed by atoms with Crippen molar-refractivity contribution in [1.82, 2.24) is 4.31 Å². The Bertz CT molecular complexity index is 556. The van der Waals surface area contributed by atoms with E-state index in [1.165, 1.54) is 11.4 Å². The molecule has 0 radical (unpaired) electrons. The third-order valence-corrected chi connectivity index (χ3v) is 5.30. The number of hydrogen-bond donors (Lipinski definition) is 0.